The molecule has 0 aliphatic rings. The third-order valence-corrected chi connectivity index (χ3v) is 3.79. The topological polar surface area (TPSA) is 29.1 Å². The van der Waals surface area contributed by atoms with Gasteiger partial charge in [-0.1, -0.05) is 11.6 Å². The van der Waals surface area contributed by atoms with Gasteiger partial charge >= 0.3 is 0 Å². The maximum absolute atomic E-state index is 11.8. The van der Waals surface area contributed by atoms with Gasteiger partial charge in [-0.25, -0.2) is 0 Å². The summed E-state index contributed by atoms with van der Waals surface area (Å²) in [7, 11) is 1.05. The summed E-state index contributed by atoms with van der Waals surface area (Å²) in [6.45, 7) is 0.984. The van der Waals surface area contributed by atoms with Crippen LogP contribution in [-0.4, -0.2) is 23.6 Å². The molecular formula is C11H16ClNOS. The quantitative estimate of drug-likeness (QED) is 0.780. The van der Waals surface area contributed by atoms with Crippen molar-refractivity contribution in [2.24, 2.45) is 0 Å². The lowest BCUT2D eigenvalue weighted by Gasteiger charge is -2.02. The van der Waals surface area contributed by atoms with Crippen LogP contribution in [0.4, 0.5) is 0 Å². The molecule has 0 amide bonds. The molecule has 1 unspecified atom stereocenters. The second kappa shape index (κ2) is 6.99. The highest BCUT2D eigenvalue weighted by Crippen LogP contribution is 2.13. The Morgan fingerprint density at radius 1 is 1.27 bits per heavy atom. The summed E-state index contributed by atoms with van der Waals surface area (Å²) in [5.74, 6) is 0.726. The summed E-state index contributed by atoms with van der Waals surface area (Å²) >= 11 is 5.75. The van der Waals surface area contributed by atoms with Crippen LogP contribution >= 0.6 is 11.6 Å². The van der Waals surface area contributed by atoms with E-state index in [-0.39, 0.29) is 0 Å². The van der Waals surface area contributed by atoms with E-state index in [2.05, 4.69) is 5.32 Å². The van der Waals surface area contributed by atoms with Crippen LogP contribution in [0, 0.1) is 0 Å². The Morgan fingerprint density at radius 2 is 1.93 bits per heavy atom. The minimum atomic E-state index is -0.882. The largest absolute Gasteiger partial charge is 0.320 e. The van der Waals surface area contributed by atoms with E-state index in [0.717, 1.165) is 30.0 Å². The second-order valence-electron chi connectivity index (χ2n) is 3.31. The Morgan fingerprint density at radius 3 is 2.53 bits per heavy atom. The van der Waals surface area contributed by atoms with Crippen molar-refractivity contribution in [3.05, 3.63) is 29.3 Å². The predicted molar refractivity (Wildman–Crippen MR) is 65.9 cm³/mol. The van der Waals surface area contributed by atoms with Gasteiger partial charge in [-0.05, 0) is 50.7 Å². The molecule has 15 heavy (non-hydrogen) atoms. The highest BCUT2D eigenvalue weighted by atomic mass is 35.5. The molecule has 0 aliphatic carbocycles. The molecule has 84 valence electrons. The second-order valence-corrected chi connectivity index (χ2v) is 5.32. The summed E-state index contributed by atoms with van der Waals surface area (Å²) in [5, 5.41) is 3.76. The van der Waals surface area contributed by atoms with Gasteiger partial charge in [-0.2, -0.15) is 0 Å². The summed E-state index contributed by atoms with van der Waals surface area (Å²) in [6.07, 6.45) is 2.05. The normalized spacial score (nSPS) is 12.7. The maximum Gasteiger partial charge on any atom is 0.0529 e. The van der Waals surface area contributed by atoms with Crippen molar-refractivity contribution >= 4 is 22.4 Å². The van der Waals surface area contributed by atoms with Crippen LogP contribution in [-0.2, 0) is 10.8 Å². The molecule has 0 fully saturated rings. The number of nitrogens with one attached hydrogen (secondary N) is 1. The minimum absolute atomic E-state index is 0.686. The number of hydrogen-bond donors (Lipinski definition) is 1. The van der Waals surface area contributed by atoms with Crippen molar-refractivity contribution in [2.45, 2.75) is 17.7 Å². The minimum Gasteiger partial charge on any atom is -0.320 e. The van der Waals surface area contributed by atoms with Crippen molar-refractivity contribution < 1.29 is 4.21 Å². The number of benzene rings is 1. The summed E-state index contributed by atoms with van der Waals surface area (Å²) in [5.41, 5.74) is 0. The van der Waals surface area contributed by atoms with Crippen LogP contribution in [0.5, 0.6) is 0 Å². The van der Waals surface area contributed by atoms with Gasteiger partial charge in [0.25, 0.3) is 0 Å². The van der Waals surface area contributed by atoms with Crippen LogP contribution in [0.25, 0.3) is 0 Å². The van der Waals surface area contributed by atoms with Gasteiger partial charge in [-0.15, -0.1) is 0 Å². The predicted octanol–water partition coefficient (Wildman–Crippen LogP) is 2.45. The van der Waals surface area contributed by atoms with Crippen LogP contribution in [0.15, 0.2) is 29.2 Å². The van der Waals surface area contributed by atoms with E-state index in [9.17, 15) is 4.21 Å². The smallest absolute Gasteiger partial charge is 0.0529 e. The van der Waals surface area contributed by atoms with Crippen molar-refractivity contribution in [1.82, 2.24) is 5.32 Å². The molecule has 0 heterocycles. The summed E-state index contributed by atoms with van der Waals surface area (Å²) < 4.78 is 11.8. The summed E-state index contributed by atoms with van der Waals surface area (Å²) in [6, 6.07) is 7.22. The molecule has 0 bridgehead atoms. The fourth-order valence-electron chi connectivity index (χ4n) is 1.24. The van der Waals surface area contributed by atoms with E-state index in [4.69, 9.17) is 11.6 Å². The lowest BCUT2D eigenvalue weighted by atomic mass is 10.3. The molecule has 1 rings (SSSR count). The van der Waals surface area contributed by atoms with E-state index in [1.54, 1.807) is 12.1 Å². The average Bonchev–Trinajstić information content (AvgIpc) is 2.25. The lowest BCUT2D eigenvalue weighted by Crippen LogP contribution is -2.09. The highest BCUT2D eigenvalue weighted by molar-refractivity contribution is 7.85. The number of rotatable bonds is 6. The SMILES string of the molecule is CNCCCCS(=O)c1ccc(Cl)cc1. The summed E-state index contributed by atoms with van der Waals surface area (Å²) in [4.78, 5) is 0.865. The maximum atomic E-state index is 11.8. The molecule has 2 nitrogen and oxygen atoms in total. The van der Waals surface area contributed by atoms with Crippen molar-refractivity contribution in [3.63, 3.8) is 0 Å². The zero-order chi connectivity index (χ0) is 11.1. The molecule has 0 spiro atoms. The molecule has 0 aliphatic heterocycles. The average molecular weight is 246 g/mol. The zero-order valence-corrected chi connectivity index (χ0v) is 10.4. The molecule has 1 aromatic rings. The first-order chi connectivity index (χ1) is 7.24. The molecule has 0 saturated carbocycles. The van der Waals surface area contributed by atoms with Crippen molar-refractivity contribution in [2.75, 3.05) is 19.3 Å². The third-order valence-electron chi connectivity index (χ3n) is 2.08. The molecule has 1 aromatic carbocycles. The van der Waals surface area contributed by atoms with E-state index < -0.39 is 10.8 Å². The monoisotopic (exact) mass is 245 g/mol. The Hall–Kier alpha value is -0.380. The Kier molecular flexibility index (Phi) is 5.91. The molecular weight excluding hydrogens is 230 g/mol. The Balaban J connectivity index is 2.37. The fourth-order valence-corrected chi connectivity index (χ4v) is 2.51. The highest BCUT2D eigenvalue weighted by Gasteiger charge is 2.02. The van der Waals surface area contributed by atoms with Gasteiger partial charge < -0.3 is 5.32 Å². The van der Waals surface area contributed by atoms with Crippen LogP contribution < -0.4 is 5.32 Å². The fraction of sp³-hybridized carbons (Fsp3) is 0.455. The van der Waals surface area contributed by atoms with Gasteiger partial charge in [0.15, 0.2) is 0 Å². The lowest BCUT2D eigenvalue weighted by molar-refractivity contribution is 0.671. The first kappa shape index (κ1) is 12.7. The van der Waals surface area contributed by atoms with E-state index in [1.807, 2.05) is 19.2 Å². The van der Waals surface area contributed by atoms with Gasteiger partial charge in [-0.3, -0.25) is 4.21 Å². The number of unbranched alkanes of at least 4 members (excludes halogenated alkanes) is 1. The Labute approximate surface area is 98.5 Å². The number of hydrogen-bond acceptors (Lipinski definition) is 2. The van der Waals surface area contributed by atoms with E-state index >= 15 is 0 Å². The number of halogens is 1. The van der Waals surface area contributed by atoms with E-state index in [0.29, 0.717) is 5.02 Å². The molecule has 1 atom stereocenters. The van der Waals surface area contributed by atoms with Crippen molar-refractivity contribution in [3.8, 4) is 0 Å². The van der Waals surface area contributed by atoms with Gasteiger partial charge in [0.2, 0.25) is 0 Å². The third kappa shape index (κ3) is 4.78. The molecule has 1 N–H and O–H groups in total. The Bertz CT molecular complexity index is 313. The first-order valence-electron chi connectivity index (χ1n) is 5.02. The van der Waals surface area contributed by atoms with E-state index in [1.165, 1.54) is 0 Å². The van der Waals surface area contributed by atoms with Crippen molar-refractivity contribution in [1.29, 1.82) is 0 Å². The van der Waals surface area contributed by atoms with Crippen LogP contribution in [0.2, 0.25) is 5.02 Å². The van der Waals surface area contributed by atoms with Gasteiger partial charge in [0.05, 0.1) is 10.8 Å². The standard InChI is InChI=1S/C11H16ClNOS/c1-13-8-2-3-9-15(14)11-6-4-10(12)5-7-11/h4-7,13H,2-3,8-9H2,1H3. The van der Waals surface area contributed by atoms with Crippen LogP contribution in [0.3, 0.4) is 0 Å². The zero-order valence-electron chi connectivity index (χ0n) is 8.83. The van der Waals surface area contributed by atoms with Crippen LogP contribution in [0.1, 0.15) is 12.8 Å². The van der Waals surface area contributed by atoms with Gasteiger partial charge in [0, 0.05) is 15.7 Å². The van der Waals surface area contributed by atoms with Gasteiger partial charge in [0.1, 0.15) is 0 Å². The molecule has 0 saturated heterocycles. The molecule has 0 aromatic heterocycles. The molecule has 0 radical (unpaired) electrons. The molecule has 4 heteroatoms. The first-order valence-corrected chi connectivity index (χ1v) is 6.72.